The maximum Gasteiger partial charge on any atom is 0.254 e. The largest absolute Gasteiger partial charge is 0.497 e. The highest BCUT2D eigenvalue weighted by atomic mass is 16.5. The molecule has 0 aromatic heterocycles. The smallest absolute Gasteiger partial charge is 0.254 e. The molecule has 2 fully saturated rings. The molecule has 43 heavy (non-hydrogen) atoms. The zero-order chi connectivity index (χ0) is 30.5. The number of ether oxygens (including phenoxy) is 5. The van der Waals surface area contributed by atoms with Gasteiger partial charge in [-0.3, -0.25) is 9.59 Å². The van der Waals surface area contributed by atoms with Gasteiger partial charge in [-0.15, -0.1) is 0 Å². The van der Waals surface area contributed by atoms with E-state index in [-0.39, 0.29) is 17.7 Å². The van der Waals surface area contributed by atoms with E-state index in [0.29, 0.717) is 67.8 Å². The van der Waals surface area contributed by atoms with Crippen molar-refractivity contribution in [3.63, 3.8) is 0 Å². The Morgan fingerprint density at radius 1 is 0.674 bits per heavy atom. The number of rotatable bonds is 9. The number of benzene rings is 3. The maximum atomic E-state index is 14.2. The summed E-state index contributed by atoms with van der Waals surface area (Å²) in [6.07, 6.45) is 0. The topological polar surface area (TPSA) is 90.0 Å². The number of hydrogen-bond donors (Lipinski definition) is 0. The fourth-order valence-electron chi connectivity index (χ4n) is 6.11. The van der Waals surface area contributed by atoms with Gasteiger partial charge in [0.1, 0.15) is 11.5 Å². The van der Waals surface area contributed by atoms with Crippen LogP contribution in [0.3, 0.4) is 0 Å². The second kappa shape index (κ2) is 13.1. The van der Waals surface area contributed by atoms with Gasteiger partial charge in [0.25, 0.3) is 5.91 Å². The molecule has 0 bridgehead atoms. The van der Waals surface area contributed by atoms with E-state index in [2.05, 4.69) is 4.90 Å². The van der Waals surface area contributed by atoms with Crippen molar-refractivity contribution >= 4 is 17.5 Å². The molecule has 228 valence electrons. The number of para-hydroxylation sites is 2. The fourth-order valence-corrected chi connectivity index (χ4v) is 6.11. The van der Waals surface area contributed by atoms with E-state index in [1.54, 1.807) is 64.7 Å². The monoisotopic (exact) mass is 589 g/mol. The van der Waals surface area contributed by atoms with Crippen LogP contribution in [0.5, 0.6) is 28.7 Å². The van der Waals surface area contributed by atoms with Gasteiger partial charge in [-0.25, -0.2) is 0 Å². The van der Waals surface area contributed by atoms with E-state index < -0.39 is 5.92 Å². The summed E-state index contributed by atoms with van der Waals surface area (Å²) in [6.45, 7) is 3.16. The summed E-state index contributed by atoms with van der Waals surface area (Å²) in [5.41, 5.74) is 2.38. The predicted molar refractivity (Wildman–Crippen MR) is 163 cm³/mol. The van der Waals surface area contributed by atoms with Crippen LogP contribution in [0, 0.1) is 5.92 Å². The van der Waals surface area contributed by atoms with Crippen LogP contribution < -0.4 is 28.6 Å². The standard InChI is InChI=1S/C33H39N3O7/c1-39-24-10-8-9-22(17-24)32(37)36-20-25(23-18-29(41-3)31(43-5)30(19-23)42-4)26(21-36)33(38)35-15-13-34(14-16-35)27-11-6-7-12-28(27)40-2/h6-12,17-19,25-26H,13-16,20-21H2,1-5H3/t25-,26-/m0/s1. The van der Waals surface area contributed by atoms with Crippen LogP contribution in [0.1, 0.15) is 21.8 Å². The first-order valence-corrected chi connectivity index (χ1v) is 14.3. The summed E-state index contributed by atoms with van der Waals surface area (Å²) < 4.78 is 27.7. The van der Waals surface area contributed by atoms with Gasteiger partial charge in [-0.1, -0.05) is 18.2 Å². The Kier molecular flexibility index (Phi) is 9.13. The van der Waals surface area contributed by atoms with Crippen LogP contribution in [-0.2, 0) is 4.79 Å². The third-order valence-electron chi connectivity index (χ3n) is 8.37. The number of amides is 2. The fraction of sp³-hybridized carbons (Fsp3) is 0.394. The highest BCUT2D eigenvalue weighted by molar-refractivity contribution is 5.95. The van der Waals surface area contributed by atoms with Gasteiger partial charge < -0.3 is 38.4 Å². The Labute approximate surface area is 252 Å². The molecular weight excluding hydrogens is 550 g/mol. The number of methoxy groups -OCH3 is 5. The van der Waals surface area contributed by atoms with Gasteiger partial charge >= 0.3 is 0 Å². The summed E-state index contributed by atoms with van der Waals surface area (Å²) in [5.74, 6) is 2.06. The van der Waals surface area contributed by atoms with Crippen molar-refractivity contribution in [3.05, 3.63) is 71.8 Å². The highest BCUT2D eigenvalue weighted by Crippen LogP contribution is 2.44. The molecule has 0 unspecified atom stereocenters. The Balaban J connectivity index is 1.42. The minimum absolute atomic E-state index is 0.0272. The molecule has 0 saturated carbocycles. The number of carbonyl (C=O) groups is 2. The molecular formula is C33H39N3O7. The molecule has 2 atom stereocenters. The van der Waals surface area contributed by atoms with Gasteiger partial charge in [0, 0.05) is 50.7 Å². The molecule has 0 aliphatic carbocycles. The third-order valence-corrected chi connectivity index (χ3v) is 8.37. The lowest BCUT2D eigenvalue weighted by molar-refractivity contribution is -0.135. The van der Waals surface area contributed by atoms with Crippen LogP contribution in [0.15, 0.2) is 60.7 Å². The molecule has 10 heteroatoms. The Hall–Kier alpha value is -4.60. The molecule has 2 aliphatic rings. The Morgan fingerprint density at radius 3 is 1.98 bits per heavy atom. The van der Waals surface area contributed by atoms with Gasteiger partial charge in [0.15, 0.2) is 11.5 Å². The van der Waals surface area contributed by atoms with Gasteiger partial charge in [0.05, 0.1) is 47.2 Å². The first-order valence-electron chi connectivity index (χ1n) is 14.3. The van der Waals surface area contributed by atoms with E-state index in [1.807, 2.05) is 41.3 Å². The van der Waals surface area contributed by atoms with E-state index in [0.717, 1.165) is 17.0 Å². The molecule has 2 heterocycles. The predicted octanol–water partition coefficient (Wildman–Crippen LogP) is 3.93. The lowest BCUT2D eigenvalue weighted by Gasteiger charge is -2.38. The van der Waals surface area contributed by atoms with Gasteiger partial charge in [-0.2, -0.15) is 0 Å². The van der Waals surface area contributed by atoms with Crippen LogP contribution in [0.25, 0.3) is 0 Å². The van der Waals surface area contributed by atoms with Crippen molar-refractivity contribution < 1.29 is 33.3 Å². The van der Waals surface area contributed by atoms with Gasteiger partial charge in [0.2, 0.25) is 11.7 Å². The van der Waals surface area contributed by atoms with Crippen LogP contribution >= 0.6 is 0 Å². The average Bonchev–Trinajstić information content (AvgIpc) is 3.52. The third kappa shape index (κ3) is 6.00. The molecule has 2 saturated heterocycles. The van der Waals surface area contributed by atoms with E-state index >= 15 is 0 Å². The van der Waals surface area contributed by atoms with Crippen LogP contribution in [-0.4, -0.2) is 96.4 Å². The average molecular weight is 590 g/mol. The number of hydrogen-bond acceptors (Lipinski definition) is 8. The summed E-state index contributed by atoms with van der Waals surface area (Å²) in [5, 5.41) is 0. The van der Waals surface area contributed by atoms with Crippen LogP contribution in [0.2, 0.25) is 0 Å². The minimum atomic E-state index is -0.449. The summed E-state index contributed by atoms with van der Waals surface area (Å²) >= 11 is 0. The van der Waals surface area contributed by atoms with Crippen molar-refractivity contribution in [2.45, 2.75) is 5.92 Å². The second-order valence-corrected chi connectivity index (χ2v) is 10.6. The summed E-state index contributed by atoms with van der Waals surface area (Å²) in [6, 6.07) is 18.8. The number of piperazine rings is 1. The molecule has 0 N–H and O–H groups in total. The van der Waals surface area contributed by atoms with E-state index in [4.69, 9.17) is 23.7 Å². The van der Waals surface area contributed by atoms with Crippen molar-refractivity contribution in [1.82, 2.24) is 9.80 Å². The van der Waals surface area contributed by atoms with E-state index in [1.165, 1.54) is 0 Å². The van der Waals surface area contributed by atoms with Crippen molar-refractivity contribution in [1.29, 1.82) is 0 Å². The number of nitrogens with zero attached hydrogens (tertiary/aromatic N) is 3. The maximum absolute atomic E-state index is 14.2. The summed E-state index contributed by atoms with van der Waals surface area (Å²) in [7, 11) is 7.93. The Morgan fingerprint density at radius 2 is 1.35 bits per heavy atom. The molecule has 2 amide bonds. The second-order valence-electron chi connectivity index (χ2n) is 10.6. The molecule has 10 nitrogen and oxygen atoms in total. The first-order chi connectivity index (χ1) is 20.9. The van der Waals surface area contributed by atoms with Crippen LogP contribution in [0.4, 0.5) is 5.69 Å². The molecule has 0 spiro atoms. The zero-order valence-electron chi connectivity index (χ0n) is 25.4. The number of carbonyl (C=O) groups excluding carboxylic acids is 2. The lowest BCUT2D eigenvalue weighted by atomic mass is 9.87. The molecule has 5 rings (SSSR count). The normalized spacial score (nSPS) is 18.3. The molecule has 0 radical (unpaired) electrons. The van der Waals surface area contributed by atoms with Crippen molar-refractivity contribution in [2.24, 2.45) is 5.92 Å². The Bertz CT molecular complexity index is 1430. The summed E-state index contributed by atoms with van der Waals surface area (Å²) in [4.78, 5) is 33.8. The quantitative estimate of drug-likeness (QED) is 0.371. The molecule has 2 aliphatic heterocycles. The zero-order valence-corrected chi connectivity index (χ0v) is 25.4. The molecule has 3 aromatic rings. The number of anilines is 1. The lowest BCUT2D eigenvalue weighted by Crippen LogP contribution is -2.51. The highest BCUT2D eigenvalue weighted by Gasteiger charge is 2.43. The van der Waals surface area contributed by atoms with E-state index in [9.17, 15) is 9.59 Å². The van der Waals surface area contributed by atoms with Crippen molar-refractivity contribution in [2.75, 3.05) is 79.7 Å². The number of likely N-dealkylation sites (tertiary alicyclic amines) is 1. The SMILES string of the molecule is COc1cccc(C(=O)N2C[C@H](C(=O)N3CCN(c4ccccc4OC)CC3)[C@H](c3cc(OC)c(OC)c(OC)c3)C2)c1. The van der Waals surface area contributed by atoms with Gasteiger partial charge in [-0.05, 0) is 48.0 Å². The minimum Gasteiger partial charge on any atom is -0.497 e. The molecule has 3 aromatic carbocycles. The first kappa shape index (κ1) is 29.9. The van der Waals surface area contributed by atoms with Crippen molar-refractivity contribution in [3.8, 4) is 28.7 Å².